The lowest BCUT2D eigenvalue weighted by atomic mass is 10.2. The second-order valence-corrected chi connectivity index (χ2v) is 5.07. The highest BCUT2D eigenvalue weighted by Crippen LogP contribution is 2.30. The van der Waals surface area contributed by atoms with Crippen LogP contribution >= 0.6 is 11.6 Å². The predicted molar refractivity (Wildman–Crippen MR) is 85.2 cm³/mol. The molecule has 0 unspecified atom stereocenters. The Kier molecular flexibility index (Phi) is 4.85. The minimum absolute atomic E-state index is 0.0540. The van der Waals surface area contributed by atoms with Gasteiger partial charge in [0.2, 0.25) is 0 Å². The molecule has 0 fully saturated rings. The number of rotatable bonds is 5. The summed E-state index contributed by atoms with van der Waals surface area (Å²) in [5.74, 6) is -0.225. The summed E-state index contributed by atoms with van der Waals surface area (Å²) in [6.07, 6.45) is 0. The van der Waals surface area contributed by atoms with Crippen molar-refractivity contribution in [2.24, 2.45) is 7.05 Å². The van der Waals surface area contributed by atoms with Crippen molar-refractivity contribution in [1.82, 2.24) is 9.78 Å². The molecule has 122 valence electrons. The SMILES string of the molecule is CCOc1ccc(NC(=O)c2c(Cl)c(C)nn2C)c([N+](=O)[O-])c1. The number of nitrogens with one attached hydrogen (secondary N) is 1. The molecule has 1 N–H and O–H groups in total. The van der Waals surface area contributed by atoms with E-state index in [1.165, 1.54) is 16.8 Å². The molecule has 0 atom stereocenters. The van der Waals surface area contributed by atoms with Gasteiger partial charge in [0.25, 0.3) is 11.6 Å². The Morgan fingerprint density at radius 2 is 2.22 bits per heavy atom. The maximum absolute atomic E-state index is 12.3. The first kappa shape index (κ1) is 16.8. The smallest absolute Gasteiger partial charge is 0.296 e. The van der Waals surface area contributed by atoms with Crippen LogP contribution in [0.3, 0.4) is 0 Å². The summed E-state index contributed by atoms with van der Waals surface area (Å²) < 4.78 is 6.56. The Hall–Kier alpha value is -2.61. The zero-order chi connectivity index (χ0) is 17.1. The van der Waals surface area contributed by atoms with E-state index < -0.39 is 10.8 Å². The maximum atomic E-state index is 12.3. The van der Waals surface area contributed by atoms with Crippen LogP contribution in [0.1, 0.15) is 23.1 Å². The number of carbonyl (C=O) groups is 1. The van der Waals surface area contributed by atoms with Crippen LogP contribution in [0.2, 0.25) is 5.02 Å². The number of carbonyl (C=O) groups excluding carboxylic acids is 1. The van der Waals surface area contributed by atoms with Gasteiger partial charge >= 0.3 is 0 Å². The highest BCUT2D eigenvalue weighted by molar-refractivity contribution is 6.34. The third-order valence-electron chi connectivity index (χ3n) is 3.09. The van der Waals surface area contributed by atoms with Crippen LogP contribution in [0.4, 0.5) is 11.4 Å². The number of amides is 1. The lowest BCUT2D eigenvalue weighted by molar-refractivity contribution is -0.384. The number of benzene rings is 1. The van der Waals surface area contributed by atoms with Crippen LogP contribution in [0, 0.1) is 17.0 Å². The number of nitro benzene ring substituents is 1. The lowest BCUT2D eigenvalue weighted by Gasteiger charge is -2.08. The summed E-state index contributed by atoms with van der Waals surface area (Å²) in [5.41, 5.74) is 0.422. The van der Waals surface area contributed by atoms with Gasteiger partial charge in [-0.1, -0.05) is 11.6 Å². The normalized spacial score (nSPS) is 10.4. The molecule has 2 aromatic rings. The fourth-order valence-corrected chi connectivity index (χ4v) is 2.33. The van der Waals surface area contributed by atoms with Crippen molar-refractivity contribution in [3.05, 3.63) is 44.7 Å². The molecule has 0 radical (unpaired) electrons. The number of anilines is 1. The van der Waals surface area contributed by atoms with E-state index in [0.717, 1.165) is 0 Å². The van der Waals surface area contributed by atoms with Crippen LogP contribution in [0.5, 0.6) is 5.75 Å². The maximum Gasteiger partial charge on any atom is 0.296 e. The first-order chi connectivity index (χ1) is 10.8. The first-order valence-corrected chi connectivity index (χ1v) is 7.14. The number of halogens is 1. The van der Waals surface area contributed by atoms with Crippen molar-refractivity contribution in [3.8, 4) is 5.75 Å². The zero-order valence-electron chi connectivity index (χ0n) is 12.8. The van der Waals surface area contributed by atoms with E-state index in [4.69, 9.17) is 16.3 Å². The van der Waals surface area contributed by atoms with Crippen LogP contribution in [-0.4, -0.2) is 27.2 Å². The van der Waals surface area contributed by atoms with Crippen LogP contribution in [0.15, 0.2) is 18.2 Å². The molecular formula is C14H15ClN4O4. The van der Waals surface area contributed by atoms with E-state index in [1.54, 1.807) is 27.0 Å². The highest BCUT2D eigenvalue weighted by Gasteiger charge is 2.22. The van der Waals surface area contributed by atoms with Gasteiger partial charge in [0, 0.05) is 7.05 Å². The second kappa shape index (κ2) is 6.66. The number of hydrogen-bond donors (Lipinski definition) is 1. The summed E-state index contributed by atoms with van der Waals surface area (Å²) >= 11 is 6.05. The van der Waals surface area contributed by atoms with Gasteiger partial charge < -0.3 is 10.1 Å². The number of hydrogen-bond acceptors (Lipinski definition) is 5. The van der Waals surface area contributed by atoms with Crippen molar-refractivity contribution in [3.63, 3.8) is 0 Å². The van der Waals surface area contributed by atoms with Gasteiger partial charge in [0.1, 0.15) is 17.1 Å². The Bertz CT molecular complexity index is 772. The van der Waals surface area contributed by atoms with Crippen molar-refractivity contribution in [2.45, 2.75) is 13.8 Å². The van der Waals surface area contributed by atoms with Crippen molar-refractivity contribution in [1.29, 1.82) is 0 Å². The van der Waals surface area contributed by atoms with Gasteiger partial charge in [0.15, 0.2) is 0 Å². The van der Waals surface area contributed by atoms with Gasteiger partial charge in [0.05, 0.1) is 28.3 Å². The van der Waals surface area contributed by atoms with E-state index in [9.17, 15) is 14.9 Å². The Morgan fingerprint density at radius 1 is 1.52 bits per heavy atom. The molecule has 23 heavy (non-hydrogen) atoms. The fourth-order valence-electron chi connectivity index (χ4n) is 2.09. The monoisotopic (exact) mass is 338 g/mol. The number of nitrogens with zero attached hydrogens (tertiary/aromatic N) is 3. The molecule has 0 spiro atoms. The largest absolute Gasteiger partial charge is 0.494 e. The lowest BCUT2D eigenvalue weighted by Crippen LogP contribution is -2.17. The van der Waals surface area contributed by atoms with Gasteiger partial charge in [-0.3, -0.25) is 19.6 Å². The molecule has 1 aromatic heterocycles. The topological polar surface area (TPSA) is 99.3 Å². The fraction of sp³-hybridized carbons (Fsp3) is 0.286. The number of nitro groups is 1. The average molecular weight is 339 g/mol. The number of aromatic nitrogens is 2. The third kappa shape index (κ3) is 3.42. The number of aryl methyl sites for hydroxylation is 2. The third-order valence-corrected chi connectivity index (χ3v) is 3.54. The molecule has 0 aliphatic heterocycles. The molecule has 0 aliphatic rings. The van der Waals surface area contributed by atoms with Crippen molar-refractivity contribution in [2.75, 3.05) is 11.9 Å². The Morgan fingerprint density at radius 3 is 2.74 bits per heavy atom. The standard InChI is InChI=1S/C14H15ClN4O4/c1-4-23-9-5-6-10(11(7-9)19(21)22)16-14(20)13-12(15)8(2)17-18(13)3/h5-7H,4H2,1-3H3,(H,16,20). The van der Waals surface area contributed by atoms with Gasteiger partial charge in [-0.2, -0.15) is 5.10 Å². The van der Waals surface area contributed by atoms with Crippen LogP contribution in [-0.2, 0) is 7.05 Å². The second-order valence-electron chi connectivity index (χ2n) is 4.69. The van der Waals surface area contributed by atoms with Gasteiger partial charge in [-0.25, -0.2) is 0 Å². The molecule has 2 rings (SSSR count). The first-order valence-electron chi connectivity index (χ1n) is 6.76. The predicted octanol–water partition coefficient (Wildman–Crippen LogP) is 2.94. The molecule has 0 aliphatic carbocycles. The highest BCUT2D eigenvalue weighted by atomic mass is 35.5. The molecule has 0 bridgehead atoms. The molecule has 1 amide bonds. The Balaban J connectivity index is 2.35. The van der Waals surface area contributed by atoms with Crippen molar-refractivity contribution >= 4 is 28.9 Å². The van der Waals surface area contributed by atoms with E-state index >= 15 is 0 Å². The summed E-state index contributed by atoms with van der Waals surface area (Å²) in [7, 11) is 1.57. The van der Waals surface area contributed by atoms with Crippen LogP contribution in [0.25, 0.3) is 0 Å². The average Bonchev–Trinajstić information content (AvgIpc) is 2.73. The van der Waals surface area contributed by atoms with Gasteiger partial charge in [-0.15, -0.1) is 0 Å². The van der Waals surface area contributed by atoms with E-state index in [-0.39, 0.29) is 22.1 Å². The molecule has 0 saturated carbocycles. The van der Waals surface area contributed by atoms with E-state index in [2.05, 4.69) is 10.4 Å². The van der Waals surface area contributed by atoms with Crippen molar-refractivity contribution < 1.29 is 14.5 Å². The zero-order valence-corrected chi connectivity index (χ0v) is 13.5. The minimum atomic E-state index is -0.589. The van der Waals surface area contributed by atoms with E-state index in [1.807, 2.05) is 0 Å². The molecule has 9 heteroatoms. The summed E-state index contributed by atoms with van der Waals surface area (Å²) in [6, 6.07) is 4.22. The summed E-state index contributed by atoms with van der Waals surface area (Å²) in [5, 5.41) is 17.9. The number of ether oxygens (including phenoxy) is 1. The molecular weight excluding hydrogens is 324 g/mol. The van der Waals surface area contributed by atoms with E-state index in [0.29, 0.717) is 18.1 Å². The van der Waals surface area contributed by atoms with Gasteiger partial charge in [-0.05, 0) is 26.0 Å². The van der Waals surface area contributed by atoms with Crippen LogP contribution < -0.4 is 10.1 Å². The quantitative estimate of drug-likeness (QED) is 0.667. The molecule has 8 nitrogen and oxygen atoms in total. The Labute approximate surface area is 137 Å². The molecule has 0 saturated heterocycles. The summed E-state index contributed by atoms with van der Waals surface area (Å²) in [4.78, 5) is 22.9. The summed E-state index contributed by atoms with van der Waals surface area (Å²) in [6.45, 7) is 3.82. The molecule has 1 aromatic carbocycles. The molecule has 1 heterocycles. The minimum Gasteiger partial charge on any atom is -0.494 e.